The molecule has 1 aliphatic rings. The zero-order chi connectivity index (χ0) is 16.3. The lowest BCUT2D eigenvalue weighted by Gasteiger charge is -2.30. The van der Waals surface area contributed by atoms with E-state index in [9.17, 15) is 8.42 Å². The van der Waals surface area contributed by atoms with Crippen molar-refractivity contribution in [3.63, 3.8) is 0 Å². The Morgan fingerprint density at radius 3 is 2.70 bits per heavy atom. The molecule has 23 heavy (non-hydrogen) atoms. The Morgan fingerprint density at radius 1 is 1.22 bits per heavy atom. The number of sulfonamides is 1. The largest absolute Gasteiger partial charge is 0.276 e. The van der Waals surface area contributed by atoms with E-state index in [4.69, 9.17) is 0 Å². The fraction of sp³-hybridized carbons (Fsp3) is 0.353. The Labute approximate surface area is 137 Å². The molecule has 2 heterocycles. The van der Waals surface area contributed by atoms with Crippen LogP contribution in [0.25, 0.3) is 6.08 Å². The Bertz CT molecular complexity index is 781. The van der Waals surface area contributed by atoms with Gasteiger partial charge in [-0.3, -0.25) is 4.68 Å². The summed E-state index contributed by atoms with van der Waals surface area (Å²) in [6.07, 6.45) is 5.39. The van der Waals surface area contributed by atoms with Gasteiger partial charge in [0, 0.05) is 37.7 Å². The molecule has 0 amide bonds. The van der Waals surface area contributed by atoms with Crippen LogP contribution in [0.15, 0.2) is 48.0 Å². The summed E-state index contributed by atoms with van der Waals surface area (Å²) in [5, 5.41) is 5.73. The van der Waals surface area contributed by atoms with Crippen molar-refractivity contribution in [3.05, 3.63) is 59.3 Å². The standard InChI is InChI=1S/C17H21N3O2S/c1-19-12-9-17(18-19)16-8-5-11-20(14-16)23(21,22)13-10-15-6-3-2-4-7-15/h2-4,6-7,9-10,12-13,16H,5,8,11,14H2,1H3/b13-10+/t16-/m1/s1. The third-order valence-electron chi connectivity index (χ3n) is 4.13. The summed E-state index contributed by atoms with van der Waals surface area (Å²) >= 11 is 0. The predicted molar refractivity (Wildman–Crippen MR) is 91.2 cm³/mol. The zero-order valence-electron chi connectivity index (χ0n) is 13.2. The normalized spacial score (nSPS) is 20.1. The summed E-state index contributed by atoms with van der Waals surface area (Å²) in [6, 6.07) is 11.4. The van der Waals surface area contributed by atoms with E-state index in [0.29, 0.717) is 13.1 Å². The summed E-state index contributed by atoms with van der Waals surface area (Å²) < 4.78 is 28.4. The number of hydrogen-bond donors (Lipinski definition) is 0. The molecule has 0 aliphatic carbocycles. The predicted octanol–water partition coefficient (Wildman–Crippen LogP) is 2.60. The van der Waals surface area contributed by atoms with Gasteiger partial charge >= 0.3 is 0 Å². The summed E-state index contributed by atoms with van der Waals surface area (Å²) in [4.78, 5) is 0. The van der Waals surface area contributed by atoms with Gasteiger partial charge in [-0.05, 0) is 30.5 Å². The first-order valence-corrected chi connectivity index (χ1v) is 9.28. The van der Waals surface area contributed by atoms with Gasteiger partial charge in [-0.2, -0.15) is 9.40 Å². The Hall–Kier alpha value is -1.92. The number of rotatable bonds is 4. The van der Waals surface area contributed by atoms with E-state index in [0.717, 1.165) is 24.1 Å². The third-order valence-corrected chi connectivity index (χ3v) is 5.66. The van der Waals surface area contributed by atoms with E-state index in [1.807, 2.05) is 49.6 Å². The van der Waals surface area contributed by atoms with Crippen LogP contribution in [-0.4, -0.2) is 35.6 Å². The molecular formula is C17H21N3O2S. The molecule has 1 atom stereocenters. The first kappa shape index (κ1) is 16.0. The van der Waals surface area contributed by atoms with Crippen LogP contribution in [0.1, 0.15) is 30.0 Å². The van der Waals surface area contributed by atoms with Gasteiger partial charge < -0.3 is 0 Å². The first-order valence-electron chi connectivity index (χ1n) is 7.77. The fourth-order valence-electron chi connectivity index (χ4n) is 2.88. The van der Waals surface area contributed by atoms with E-state index < -0.39 is 10.0 Å². The molecule has 1 fully saturated rings. The molecule has 0 saturated carbocycles. The highest BCUT2D eigenvalue weighted by Crippen LogP contribution is 2.27. The molecule has 1 saturated heterocycles. The molecule has 0 radical (unpaired) electrons. The minimum atomic E-state index is -3.40. The van der Waals surface area contributed by atoms with E-state index in [1.165, 1.54) is 5.41 Å². The van der Waals surface area contributed by atoms with Crippen LogP contribution in [0.2, 0.25) is 0 Å². The maximum absolute atomic E-state index is 12.6. The highest BCUT2D eigenvalue weighted by molar-refractivity contribution is 7.92. The number of nitrogens with zero attached hydrogens (tertiary/aromatic N) is 3. The monoisotopic (exact) mass is 331 g/mol. The van der Waals surface area contributed by atoms with Crippen molar-refractivity contribution in [2.75, 3.05) is 13.1 Å². The zero-order valence-corrected chi connectivity index (χ0v) is 14.0. The Morgan fingerprint density at radius 2 is 2.00 bits per heavy atom. The molecular weight excluding hydrogens is 310 g/mol. The SMILES string of the molecule is Cn1ccc([C@@H]2CCCN(S(=O)(=O)/C=C/c3ccccc3)C2)n1. The van der Waals surface area contributed by atoms with Crippen LogP contribution >= 0.6 is 0 Å². The van der Waals surface area contributed by atoms with Gasteiger partial charge in [-0.15, -0.1) is 0 Å². The number of aromatic nitrogens is 2. The molecule has 3 rings (SSSR count). The molecule has 1 aromatic carbocycles. The van der Waals surface area contributed by atoms with Gasteiger partial charge in [-0.1, -0.05) is 30.3 Å². The number of hydrogen-bond acceptors (Lipinski definition) is 3. The lowest BCUT2D eigenvalue weighted by atomic mass is 9.96. The van der Waals surface area contributed by atoms with Crippen molar-refractivity contribution in [1.29, 1.82) is 0 Å². The van der Waals surface area contributed by atoms with Crippen LogP contribution in [0.5, 0.6) is 0 Å². The molecule has 1 aromatic heterocycles. The van der Waals surface area contributed by atoms with Gasteiger partial charge in [0.05, 0.1) is 5.69 Å². The van der Waals surface area contributed by atoms with Crippen molar-refractivity contribution in [1.82, 2.24) is 14.1 Å². The first-order chi connectivity index (χ1) is 11.0. The third kappa shape index (κ3) is 3.89. The quantitative estimate of drug-likeness (QED) is 0.865. The molecule has 122 valence electrons. The molecule has 5 nitrogen and oxygen atoms in total. The smallest absolute Gasteiger partial charge is 0.236 e. The summed E-state index contributed by atoms with van der Waals surface area (Å²) in [7, 11) is -1.52. The number of aryl methyl sites for hydroxylation is 1. The molecule has 6 heteroatoms. The number of benzene rings is 1. The number of piperidine rings is 1. The molecule has 0 bridgehead atoms. The van der Waals surface area contributed by atoms with Crippen LogP contribution < -0.4 is 0 Å². The van der Waals surface area contributed by atoms with E-state index in [2.05, 4.69) is 5.10 Å². The van der Waals surface area contributed by atoms with Crippen LogP contribution in [0.3, 0.4) is 0 Å². The molecule has 0 N–H and O–H groups in total. The summed E-state index contributed by atoms with van der Waals surface area (Å²) in [6.45, 7) is 1.07. The van der Waals surface area contributed by atoms with Gasteiger partial charge in [-0.25, -0.2) is 8.42 Å². The minimum Gasteiger partial charge on any atom is -0.276 e. The van der Waals surface area contributed by atoms with Crippen molar-refractivity contribution in [2.24, 2.45) is 7.05 Å². The highest BCUT2D eigenvalue weighted by atomic mass is 32.2. The highest BCUT2D eigenvalue weighted by Gasteiger charge is 2.29. The molecule has 0 unspecified atom stereocenters. The van der Waals surface area contributed by atoms with Crippen LogP contribution in [0.4, 0.5) is 0 Å². The second-order valence-corrected chi connectivity index (χ2v) is 7.69. The van der Waals surface area contributed by atoms with E-state index >= 15 is 0 Å². The second kappa shape index (κ2) is 6.68. The van der Waals surface area contributed by atoms with Crippen molar-refractivity contribution >= 4 is 16.1 Å². The van der Waals surface area contributed by atoms with Gasteiger partial charge in [0.2, 0.25) is 10.0 Å². The second-order valence-electron chi connectivity index (χ2n) is 5.87. The van der Waals surface area contributed by atoms with Crippen LogP contribution in [0, 0.1) is 0 Å². The summed E-state index contributed by atoms with van der Waals surface area (Å²) in [5.74, 6) is 0.171. The summed E-state index contributed by atoms with van der Waals surface area (Å²) in [5.41, 5.74) is 1.86. The van der Waals surface area contributed by atoms with Gasteiger partial charge in [0.1, 0.15) is 0 Å². The van der Waals surface area contributed by atoms with Gasteiger partial charge in [0.15, 0.2) is 0 Å². The van der Waals surface area contributed by atoms with Gasteiger partial charge in [0.25, 0.3) is 0 Å². The van der Waals surface area contributed by atoms with Crippen LogP contribution in [-0.2, 0) is 17.1 Å². The van der Waals surface area contributed by atoms with Crippen molar-refractivity contribution < 1.29 is 8.42 Å². The molecule has 1 aliphatic heterocycles. The van der Waals surface area contributed by atoms with Crippen molar-refractivity contribution in [3.8, 4) is 0 Å². The lowest BCUT2D eigenvalue weighted by molar-refractivity contribution is 0.315. The van der Waals surface area contributed by atoms with E-state index in [1.54, 1.807) is 15.1 Å². The average molecular weight is 331 g/mol. The maximum atomic E-state index is 12.6. The molecule has 2 aromatic rings. The Kier molecular flexibility index (Phi) is 4.63. The average Bonchev–Trinajstić information content (AvgIpc) is 3.01. The lowest BCUT2D eigenvalue weighted by Crippen LogP contribution is -2.38. The fourth-order valence-corrected chi connectivity index (χ4v) is 4.15. The topological polar surface area (TPSA) is 55.2 Å². The Balaban J connectivity index is 1.73. The van der Waals surface area contributed by atoms with E-state index in [-0.39, 0.29) is 5.92 Å². The molecule has 0 spiro atoms. The minimum absolute atomic E-state index is 0.171. The maximum Gasteiger partial charge on any atom is 0.236 e. The van der Waals surface area contributed by atoms with Crippen molar-refractivity contribution in [2.45, 2.75) is 18.8 Å².